The predicted molar refractivity (Wildman–Crippen MR) is 107 cm³/mol. The number of carbonyl (C=O) groups is 2. The van der Waals surface area contributed by atoms with Crippen molar-refractivity contribution in [1.82, 2.24) is 15.1 Å². The maximum absolute atomic E-state index is 12.7. The van der Waals surface area contributed by atoms with Crippen LogP contribution in [0.2, 0.25) is 0 Å². The van der Waals surface area contributed by atoms with Gasteiger partial charge in [0.1, 0.15) is 5.54 Å². The van der Waals surface area contributed by atoms with E-state index in [2.05, 4.69) is 22.2 Å². The summed E-state index contributed by atoms with van der Waals surface area (Å²) in [5.41, 5.74) is 0.475. The Morgan fingerprint density at radius 1 is 1.21 bits per heavy atom. The first-order valence-electron chi connectivity index (χ1n) is 10.3. The molecular weight excluding hydrogens is 356 g/mol. The highest BCUT2D eigenvalue weighted by Gasteiger charge is 2.51. The molecule has 7 heteroatoms. The van der Waals surface area contributed by atoms with Gasteiger partial charge in [0.15, 0.2) is 0 Å². The Bertz CT molecular complexity index is 703. The Labute approximate surface area is 166 Å². The van der Waals surface area contributed by atoms with E-state index in [1.54, 1.807) is 4.90 Å². The van der Waals surface area contributed by atoms with Gasteiger partial charge in [0.2, 0.25) is 5.91 Å². The average Bonchev–Trinajstić information content (AvgIpc) is 3.27. The molecule has 1 N–H and O–H groups in total. The lowest BCUT2D eigenvalue weighted by molar-refractivity contribution is -0.125. The molecule has 1 atom stereocenters. The number of para-hydroxylation sites is 1. The van der Waals surface area contributed by atoms with Crippen LogP contribution in [-0.2, 0) is 9.53 Å². The smallest absolute Gasteiger partial charge is 0.409 e. The van der Waals surface area contributed by atoms with Gasteiger partial charge < -0.3 is 24.8 Å². The van der Waals surface area contributed by atoms with Crippen LogP contribution in [0.1, 0.15) is 32.1 Å². The van der Waals surface area contributed by atoms with Crippen molar-refractivity contribution in [1.29, 1.82) is 0 Å². The van der Waals surface area contributed by atoms with Crippen LogP contribution in [0.25, 0.3) is 0 Å². The van der Waals surface area contributed by atoms with Crippen molar-refractivity contribution in [3.8, 4) is 0 Å². The number of rotatable bonds is 4. The van der Waals surface area contributed by atoms with Crippen LogP contribution in [-0.4, -0.2) is 73.3 Å². The molecule has 2 amide bonds. The molecule has 4 rings (SSSR count). The number of ether oxygens (including phenoxy) is 1. The van der Waals surface area contributed by atoms with Crippen molar-refractivity contribution in [3.05, 3.63) is 30.3 Å². The summed E-state index contributed by atoms with van der Waals surface area (Å²) in [5, 5.41) is 2.99. The van der Waals surface area contributed by atoms with Gasteiger partial charge in [0, 0.05) is 24.8 Å². The van der Waals surface area contributed by atoms with Gasteiger partial charge in [-0.2, -0.15) is 0 Å². The van der Waals surface area contributed by atoms with Crippen LogP contribution in [0.4, 0.5) is 10.5 Å². The summed E-state index contributed by atoms with van der Waals surface area (Å²) in [6.07, 6.45) is 4.29. The Morgan fingerprint density at radius 2 is 1.96 bits per heavy atom. The normalized spacial score (nSPS) is 24.6. The number of amides is 2. The molecule has 0 radical (unpaired) electrons. The van der Waals surface area contributed by atoms with E-state index in [4.69, 9.17) is 4.74 Å². The van der Waals surface area contributed by atoms with Gasteiger partial charge in [0.05, 0.1) is 13.3 Å². The first kappa shape index (κ1) is 19.1. The van der Waals surface area contributed by atoms with E-state index < -0.39 is 5.54 Å². The number of carbonyl (C=O) groups excluding carboxylic acids is 2. The largest absolute Gasteiger partial charge is 0.449 e. The third-order valence-corrected chi connectivity index (χ3v) is 6.60. The van der Waals surface area contributed by atoms with E-state index in [0.29, 0.717) is 45.2 Å². The SMILES string of the molecule is CN1CCCC1CCOC(=O)N1CCC2(CC1)C(=O)NCN2c1ccccc1. The summed E-state index contributed by atoms with van der Waals surface area (Å²) in [4.78, 5) is 31.4. The number of likely N-dealkylation sites (tertiary alicyclic amines) is 2. The van der Waals surface area contributed by atoms with Gasteiger partial charge in [-0.25, -0.2) is 4.79 Å². The lowest BCUT2D eigenvalue weighted by Gasteiger charge is -2.42. The molecule has 3 aliphatic rings. The lowest BCUT2D eigenvalue weighted by atomic mass is 9.86. The zero-order valence-corrected chi connectivity index (χ0v) is 16.6. The molecule has 0 aliphatic carbocycles. The van der Waals surface area contributed by atoms with Crippen LogP contribution in [0, 0.1) is 0 Å². The molecular formula is C21H30N4O3. The minimum Gasteiger partial charge on any atom is -0.449 e. The van der Waals surface area contributed by atoms with Crippen molar-refractivity contribution < 1.29 is 14.3 Å². The van der Waals surface area contributed by atoms with E-state index >= 15 is 0 Å². The maximum Gasteiger partial charge on any atom is 0.409 e. The average molecular weight is 386 g/mol. The molecule has 1 unspecified atom stereocenters. The molecule has 3 saturated heterocycles. The number of hydrogen-bond acceptors (Lipinski definition) is 5. The zero-order chi connectivity index (χ0) is 19.6. The third-order valence-electron chi connectivity index (χ3n) is 6.60. The van der Waals surface area contributed by atoms with Crippen molar-refractivity contribution >= 4 is 17.7 Å². The first-order chi connectivity index (χ1) is 13.6. The molecule has 1 aromatic rings. The summed E-state index contributed by atoms with van der Waals surface area (Å²) in [6.45, 7) is 3.19. The summed E-state index contributed by atoms with van der Waals surface area (Å²) in [7, 11) is 2.13. The predicted octanol–water partition coefficient (Wildman–Crippen LogP) is 2.04. The zero-order valence-electron chi connectivity index (χ0n) is 16.6. The summed E-state index contributed by atoms with van der Waals surface area (Å²) >= 11 is 0. The number of hydrogen-bond donors (Lipinski definition) is 1. The van der Waals surface area contributed by atoms with Gasteiger partial charge in [-0.1, -0.05) is 18.2 Å². The van der Waals surface area contributed by atoms with E-state index in [0.717, 1.165) is 18.7 Å². The minimum atomic E-state index is -0.565. The van der Waals surface area contributed by atoms with Crippen LogP contribution >= 0.6 is 0 Å². The molecule has 3 aliphatic heterocycles. The topological polar surface area (TPSA) is 65.1 Å². The number of nitrogens with zero attached hydrogens (tertiary/aromatic N) is 3. The van der Waals surface area contributed by atoms with E-state index in [-0.39, 0.29) is 12.0 Å². The fourth-order valence-electron chi connectivity index (χ4n) is 4.81. The van der Waals surface area contributed by atoms with Crippen molar-refractivity contribution in [2.45, 2.75) is 43.7 Å². The molecule has 28 heavy (non-hydrogen) atoms. The molecule has 0 aromatic heterocycles. The quantitative estimate of drug-likeness (QED) is 0.858. The number of nitrogens with one attached hydrogen (secondary N) is 1. The molecule has 1 aromatic carbocycles. The fraction of sp³-hybridized carbons (Fsp3) is 0.619. The summed E-state index contributed by atoms with van der Waals surface area (Å²) < 4.78 is 5.53. The molecule has 0 bridgehead atoms. The monoisotopic (exact) mass is 386 g/mol. The van der Waals surface area contributed by atoms with Crippen LogP contribution in [0.5, 0.6) is 0 Å². The van der Waals surface area contributed by atoms with Gasteiger partial charge in [0.25, 0.3) is 0 Å². The van der Waals surface area contributed by atoms with Crippen molar-refractivity contribution in [3.63, 3.8) is 0 Å². The molecule has 7 nitrogen and oxygen atoms in total. The van der Waals surface area contributed by atoms with Gasteiger partial charge in [-0.05, 0) is 57.8 Å². The minimum absolute atomic E-state index is 0.0636. The second-order valence-electron chi connectivity index (χ2n) is 8.13. The Morgan fingerprint density at radius 3 is 2.64 bits per heavy atom. The Kier molecular flexibility index (Phi) is 5.44. The maximum atomic E-state index is 12.7. The number of anilines is 1. The van der Waals surface area contributed by atoms with Crippen LogP contribution in [0.15, 0.2) is 30.3 Å². The first-order valence-corrected chi connectivity index (χ1v) is 10.3. The molecule has 0 saturated carbocycles. The van der Waals surface area contributed by atoms with Crippen LogP contribution in [0.3, 0.4) is 0 Å². The van der Waals surface area contributed by atoms with Gasteiger partial charge in [-0.15, -0.1) is 0 Å². The fourth-order valence-corrected chi connectivity index (χ4v) is 4.81. The van der Waals surface area contributed by atoms with E-state index in [1.165, 1.54) is 12.8 Å². The van der Waals surface area contributed by atoms with Gasteiger partial charge in [-0.3, -0.25) is 4.79 Å². The van der Waals surface area contributed by atoms with Crippen molar-refractivity contribution in [2.75, 3.05) is 44.9 Å². The molecule has 152 valence electrons. The van der Waals surface area contributed by atoms with E-state index in [1.807, 2.05) is 30.3 Å². The second kappa shape index (κ2) is 7.99. The summed E-state index contributed by atoms with van der Waals surface area (Å²) in [5.74, 6) is 0.0636. The lowest BCUT2D eigenvalue weighted by Crippen LogP contribution is -2.57. The van der Waals surface area contributed by atoms with Gasteiger partial charge >= 0.3 is 6.09 Å². The highest BCUT2D eigenvalue weighted by atomic mass is 16.6. The standard InChI is InChI=1S/C21H30N4O3/c1-23-12-5-8-17(23)9-15-28-20(27)24-13-10-21(11-14-24)19(26)22-16-25(21)18-6-3-2-4-7-18/h2-4,6-7,17H,5,8-16H2,1H3,(H,22,26). The number of piperidine rings is 1. The molecule has 3 heterocycles. The third kappa shape index (κ3) is 3.55. The number of benzene rings is 1. The summed E-state index contributed by atoms with van der Waals surface area (Å²) in [6, 6.07) is 10.5. The van der Waals surface area contributed by atoms with E-state index in [9.17, 15) is 9.59 Å². The molecule has 3 fully saturated rings. The highest BCUT2D eigenvalue weighted by molar-refractivity contribution is 5.93. The Hall–Kier alpha value is -2.28. The highest BCUT2D eigenvalue weighted by Crippen LogP contribution is 2.36. The molecule has 1 spiro atoms. The second-order valence-corrected chi connectivity index (χ2v) is 8.13. The Balaban J connectivity index is 1.31. The van der Waals surface area contributed by atoms with Crippen LogP contribution < -0.4 is 10.2 Å². The van der Waals surface area contributed by atoms with Crippen molar-refractivity contribution in [2.24, 2.45) is 0 Å².